The molecule has 0 atom stereocenters. The van der Waals surface area contributed by atoms with Gasteiger partial charge in [0.05, 0.1) is 7.11 Å². The highest BCUT2D eigenvalue weighted by Gasteiger charge is 2.05. The zero-order valence-corrected chi connectivity index (χ0v) is 8.84. The highest BCUT2D eigenvalue weighted by molar-refractivity contribution is 7.80. The molecule has 1 aromatic rings. The second-order valence-corrected chi connectivity index (χ2v) is 2.87. The van der Waals surface area contributed by atoms with E-state index in [2.05, 4.69) is 15.6 Å². The smallest absolute Gasteiger partial charge is 0.410 e. The highest BCUT2D eigenvalue weighted by Crippen LogP contribution is 2.07. The Hall–Kier alpha value is -1.66. The molecule has 0 aliphatic heterocycles. The predicted octanol–water partition coefficient (Wildman–Crippen LogP) is 1.21. The van der Waals surface area contributed by atoms with Crippen LogP contribution in [-0.2, 0) is 4.84 Å². The van der Waals surface area contributed by atoms with Crippen LogP contribution < -0.4 is 15.5 Å². The Balaban J connectivity index is 2.40. The number of ether oxygens (including phenoxy) is 1. The quantitative estimate of drug-likeness (QED) is 0.586. The molecular formula is C9H10N2O3S. The SMILES string of the molecule is CONC(=S)NC(=O)Oc1ccccc1. The van der Waals surface area contributed by atoms with Crippen molar-refractivity contribution in [3.05, 3.63) is 30.3 Å². The number of hydrogen-bond donors (Lipinski definition) is 2. The van der Waals surface area contributed by atoms with Crippen LogP contribution in [0.4, 0.5) is 4.79 Å². The van der Waals surface area contributed by atoms with Crippen molar-refractivity contribution in [1.29, 1.82) is 0 Å². The van der Waals surface area contributed by atoms with E-state index in [1.807, 2.05) is 6.07 Å². The van der Waals surface area contributed by atoms with Crippen molar-refractivity contribution in [3.63, 3.8) is 0 Å². The van der Waals surface area contributed by atoms with Crippen LogP contribution in [0.25, 0.3) is 0 Å². The molecule has 6 heteroatoms. The summed E-state index contributed by atoms with van der Waals surface area (Å²) in [4.78, 5) is 15.7. The van der Waals surface area contributed by atoms with Crippen molar-refractivity contribution in [1.82, 2.24) is 10.8 Å². The molecule has 5 nitrogen and oxygen atoms in total. The molecule has 1 rings (SSSR count). The summed E-state index contributed by atoms with van der Waals surface area (Å²) in [7, 11) is 1.39. The zero-order valence-electron chi connectivity index (χ0n) is 8.02. The van der Waals surface area contributed by atoms with Gasteiger partial charge in [0.1, 0.15) is 5.75 Å². The van der Waals surface area contributed by atoms with Crippen molar-refractivity contribution in [2.45, 2.75) is 0 Å². The third-order valence-corrected chi connectivity index (χ3v) is 1.55. The van der Waals surface area contributed by atoms with Gasteiger partial charge in [-0.05, 0) is 24.4 Å². The van der Waals surface area contributed by atoms with Crippen LogP contribution in [0.1, 0.15) is 0 Å². The minimum absolute atomic E-state index is 0.0402. The standard InChI is InChI=1S/C9H10N2O3S/c1-13-11-8(15)10-9(12)14-7-5-3-2-4-6-7/h2-6H,1H3,(H2,10,11,12,15). The summed E-state index contributed by atoms with van der Waals surface area (Å²) in [6.45, 7) is 0. The van der Waals surface area contributed by atoms with Gasteiger partial charge >= 0.3 is 6.09 Å². The van der Waals surface area contributed by atoms with Crippen LogP contribution in [0.2, 0.25) is 0 Å². The van der Waals surface area contributed by atoms with Gasteiger partial charge < -0.3 is 4.74 Å². The summed E-state index contributed by atoms with van der Waals surface area (Å²) in [6, 6.07) is 8.66. The predicted molar refractivity (Wildman–Crippen MR) is 58.3 cm³/mol. The summed E-state index contributed by atoms with van der Waals surface area (Å²) in [5, 5.41) is 2.30. The van der Waals surface area contributed by atoms with E-state index < -0.39 is 6.09 Å². The molecule has 80 valence electrons. The highest BCUT2D eigenvalue weighted by atomic mass is 32.1. The number of carbonyl (C=O) groups excluding carboxylic acids is 1. The lowest BCUT2D eigenvalue weighted by Crippen LogP contribution is -2.40. The van der Waals surface area contributed by atoms with Crippen molar-refractivity contribution >= 4 is 23.4 Å². The summed E-state index contributed by atoms with van der Waals surface area (Å²) in [5.74, 6) is 0.440. The zero-order chi connectivity index (χ0) is 11.1. The number of hydrogen-bond acceptors (Lipinski definition) is 4. The van der Waals surface area contributed by atoms with E-state index in [1.165, 1.54) is 7.11 Å². The first kappa shape index (κ1) is 11.4. The van der Waals surface area contributed by atoms with Crippen LogP contribution in [-0.4, -0.2) is 18.3 Å². The molecule has 1 aromatic carbocycles. The third-order valence-electron chi connectivity index (χ3n) is 1.36. The van der Waals surface area contributed by atoms with Gasteiger partial charge in [-0.15, -0.1) is 0 Å². The van der Waals surface area contributed by atoms with E-state index in [9.17, 15) is 4.79 Å². The van der Waals surface area contributed by atoms with E-state index in [0.29, 0.717) is 5.75 Å². The molecule has 0 saturated heterocycles. The van der Waals surface area contributed by atoms with Gasteiger partial charge in [-0.2, -0.15) is 0 Å². The molecule has 1 amide bonds. The number of thiocarbonyl (C=S) groups is 1. The van der Waals surface area contributed by atoms with E-state index in [-0.39, 0.29) is 5.11 Å². The van der Waals surface area contributed by atoms with Gasteiger partial charge in [0.15, 0.2) is 5.11 Å². The molecule has 0 fully saturated rings. The van der Waals surface area contributed by atoms with Crippen molar-refractivity contribution in [2.75, 3.05) is 7.11 Å². The Morgan fingerprint density at radius 3 is 2.60 bits per heavy atom. The Morgan fingerprint density at radius 1 is 1.33 bits per heavy atom. The minimum atomic E-state index is -0.671. The fourth-order valence-electron chi connectivity index (χ4n) is 0.832. The lowest BCUT2D eigenvalue weighted by Gasteiger charge is -2.07. The van der Waals surface area contributed by atoms with Gasteiger partial charge in [-0.25, -0.2) is 10.3 Å². The van der Waals surface area contributed by atoms with Crippen molar-refractivity contribution in [3.8, 4) is 5.75 Å². The van der Waals surface area contributed by atoms with Crippen LogP contribution in [0.3, 0.4) is 0 Å². The molecule has 0 radical (unpaired) electrons. The fraction of sp³-hybridized carbons (Fsp3) is 0.111. The monoisotopic (exact) mass is 226 g/mol. The molecule has 15 heavy (non-hydrogen) atoms. The van der Waals surface area contributed by atoms with Crippen LogP contribution in [0.5, 0.6) is 5.75 Å². The molecule has 0 aromatic heterocycles. The molecule has 0 bridgehead atoms. The van der Waals surface area contributed by atoms with E-state index in [0.717, 1.165) is 0 Å². The van der Waals surface area contributed by atoms with Gasteiger partial charge in [0.25, 0.3) is 0 Å². The summed E-state index contributed by atoms with van der Waals surface area (Å²) < 4.78 is 4.90. The van der Waals surface area contributed by atoms with Crippen LogP contribution in [0.15, 0.2) is 30.3 Å². The number of nitrogens with one attached hydrogen (secondary N) is 2. The third kappa shape index (κ3) is 4.39. The largest absolute Gasteiger partial charge is 0.418 e. The number of hydroxylamine groups is 1. The maximum Gasteiger partial charge on any atom is 0.418 e. The summed E-state index contributed by atoms with van der Waals surface area (Å²) in [6.07, 6.45) is -0.671. The van der Waals surface area contributed by atoms with Gasteiger partial charge in [-0.3, -0.25) is 10.2 Å². The summed E-state index contributed by atoms with van der Waals surface area (Å²) in [5.41, 5.74) is 2.28. The first-order valence-corrected chi connectivity index (χ1v) is 4.50. The maximum atomic E-state index is 11.2. The molecular weight excluding hydrogens is 216 g/mol. The van der Waals surface area contributed by atoms with Crippen LogP contribution >= 0.6 is 12.2 Å². The minimum Gasteiger partial charge on any atom is -0.410 e. The van der Waals surface area contributed by atoms with Crippen molar-refractivity contribution < 1.29 is 14.4 Å². The number of amides is 1. The molecule has 2 N–H and O–H groups in total. The average molecular weight is 226 g/mol. The molecule has 0 aliphatic carbocycles. The second-order valence-electron chi connectivity index (χ2n) is 2.46. The first-order valence-electron chi connectivity index (χ1n) is 4.09. The maximum absolute atomic E-state index is 11.2. The van der Waals surface area contributed by atoms with Gasteiger partial charge in [0, 0.05) is 0 Å². The van der Waals surface area contributed by atoms with E-state index in [4.69, 9.17) is 17.0 Å². The fourth-order valence-corrected chi connectivity index (χ4v) is 0.999. The van der Waals surface area contributed by atoms with Gasteiger partial charge in [-0.1, -0.05) is 18.2 Å². The Kier molecular flexibility index (Phi) is 4.52. The van der Waals surface area contributed by atoms with Gasteiger partial charge in [0.2, 0.25) is 0 Å². The first-order chi connectivity index (χ1) is 7.22. The topological polar surface area (TPSA) is 59.6 Å². The summed E-state index contributed by atoms with van der Waals surface area (Å²) >= 11 is 4.70. The van der Waals surface area contributed by atoms with E-state index >= 15 is 0 Å². The Labute approximate surface area is 92.3 Å². The number of benzene rings is 1. The second kappa shape index (κ2) is 5.94. The van der Waals surface area contributed by atoms with Crippen molar-refractivity contribution in [2.24, 2.45) is 0 Å². The average Bonchev–Trinajstić information content (AvgIpc) is 2.19. The lowest BCUT2D eigenvalue weighted by atomic mass is 10.3. The van der Waals surface area contributed by atoms with E-state index in [1.54, 1.807) is 24.3 Å². The molecule has 0 saturated carbocycles. The Bertz CT molecular complexity index is 342. The normalized spacial score (nSPS) is 9.13. The molecule has 0 heterocycles. The Morgan fingerprint density at radius 2 is 2.00 bits per heavy atom. The number of carbonyl (C=O) groups is 1. The number of rotatable bonds is 2. The van der Waals surface area contributed by atoms with Crippen LogP contribution in [0, 0.1) is 0 Å². The molecule has 0 aliphatic rings. The molecule has 0 spiro atoms. The molecule has 0 unspecified atom stereocenters. The lowest BCUT2D eigenvalue weighted by molar-refractivity contribution is 0.142. The number of para-hydroxylation sites is 1.